The minimum Gasteiger partial charge on any atom is -0.450 e. The predicted molar refractivity (Wildman–Crippen MR) is 96.4 cm³/mol. The van der Waals surface area contributed by atoms with Crippen LogP contribution in [0.5, 0.6) is 0 Å². The van der Waals surface area contributed by atoms with Crippen LogP contribution in [0.3, 0.4) is 0 Å². The molecular weight excluding hydrogens is 334 g/mol. The van der Waals surface area contributed by atoms with E-state index in [-0.39, 0.29) is 23.0 Å². The van der Waals surface area contributed by atoms with E-state index in [0.717, 1.165) is 24.0 Å². The van der Waals surface area contributed by atoms with Crippen molar-refractivity contribution in [3.05, 3.63) is 45.7 Å². The number of hydrogen-bond acceptors (Lipinski definition) is 4. The number of hydrogen-bond donors (Lipinski definition) is 0. The Balaban J connectivity index is 1.58. The zero-order valence-electron chi connectivity index (χ0n) is 14.7. The van der Waals surface area contributed by atoms with Gasteiger partial charge in [0.05, 0.1) is 12.1 Å². The molecule has 4 rings (SSSR count). The van der Waals surface area contributed by atoms with Crippen molar-refractivity contribution in [1.82, 2.24) is 14.4 Å². The number of carbonyl (C=O) groups is 2. The molecule has 1 saturated heterocycles. The van der Waals surface area contributed by atoms with Gasteiger partial charge < -0.3 is 19.1 Å². The summed E-state index contributed by atoms with van der Waals surface area (Å²) in [4.78, 5) is 40.8. The lowest BCUT2D eigenvalue weighted by Crippen LogP contribution is -2.51. The third-order valence-electron chi connectivity index (χ3n) is 5.13. The zero-order chi connectivity index (χ0) is 18.3. The van der Waals surface area contributed by atoms with Crippen LogP contribution in [-0.2, 0) is 17.7 Å². The highest BCUT2D eigenvalue weighted by atomic mass is 16.6. The van der Waals surface area contributed by atoms with Crippen LogP contribution < -0.4 is 5.43 Å². The highest BCUT2D eigenvalue weighted by molar-refractivity contribution is 5.98. The van der Waals surface area contributed by atoms with Crippen LogP contribution >= 0.6 is 0 Å². The molecule has 0 unspecified atom stereocenters. The van der Waals surface area contributed by atoms with Gasteiger partial charge in [-0.25, -0.2) is 4.79 Å². The van der Waals surface area contributed by atoms with Crippen LogP contribution in [0.1, 0.15) is 22.8 Å². The molecule has 1 aromatic carbocycles. The number of aromatic nitrogens is 1. The van der Waals surface area contributed by atoms with Crippen LogP contribution in [0.2, 0.25) is 0 Å². The summed E-state index contributed by atoms with van der Waals surface area (Å²) in [6, 6.07) is 5.70. The van der Waals surface area contributed by atoms with Crippen LogP contribution in [0.25, 0.3) is 10.9 Å². The van der Waals surface area contributed by atoms with E-state index in [1.807, 2.05) is 16.7 Å². The molecular formula is C19H21N3O4. The van der Waals surface area contributed by atoms with Gasteiger partial charge in [-0.05, 0) is 25.0 Å². The van der Waals surface area contributed by atoms with Crippen LogP contribution in [0, 0.1) is 0 Å². The highest BCUT2D eigenvalue weighted by Crippen LogP contribution is 2.24. The minimum atomic E-state index is -0.355. The van der Waals surface area contributed by atoms with Crippen molar-refractivity contribution in [1.29, 1.82) is 0 Å². The first-order chi connectivity index (χ1) is 12.6. The van der Waals surface area contributed by atoms with E-state index in [4.69, 9.17) is 4.74 Å². The van der Waals surface area contributed by atoms with E-state index in [1.165, 1.54) is 0 Å². The number of benzene rings is 1. The molecule has 1 aromatic heterocycles. The summed E-state index contributed by atoms with van der Waals surface area (Å²) >= 11 is 0. The Morgan fingerprint density at radius 2 is 1.81 bits per heavy atom. The average Bonchev–Trinajstić information content (AvgIpc) is 3.08. The maximum absolute atomic E-state index is 12.9. The normalized spacial score (nSPS) is 16.2. The van der Waals surface area contributed by atoms with Crippen molar-refractivity contribution in [3.8, 4) is 0 Å². The van der Waals surface area contributed by atoms with Crippen molar-refractivity contribution in [2.24, 2.45) is 0 Å². The van der Waals surface area contributed by atoms with E-state index >= 15 is 0 Å². The summed E-state index contributed by atoms with van der Waals surface area (Å²) < 4.78 is 7.00. The second-order valence-corrected chi connectivity index (χ2v) is 6.61. The second-order valence-electron chi connectivity index (χ2n) is 6.61. The molecule has 2 amide bonds. The Bertz CT molecular complexity index is 942. The first kappa shape index (κ1) is 16.6. The smallest absolute Gasteiger partial charge is 0.409 e. The third kappa shape index (κ3) is 2.64. The van der Waals surface area contributed by atoms with Gasteiger partial charge in [-0.1, -0.05) is 12.1 Å². The molecule has 0 spiro atoms. The van der Waals surface area contributed by atoms with Crippen molar-refractivity contribution in [2.45, 2.75) is 19.9 Å². The van der Waals surface area contributed by atoms with Gasteiger partial charge in [0, 0.05) is 44.3 Å². The Labute approximate surface area is 150 Å². The number of carbonyl (C=O) groups excluding carboxylic acids is 2. The topological polar surface area (TPSA) is 71.8 Å². The SMILES string of the molecule is CCOC(=O)N1CCN(C(=O)c2cn3c4c(cccc4c2=O)CC3)CC1. The maximum Gasteiger partial charge on any atom is 0.409 e. The largest absolute Gasteiger partial charge is 0.450 e. The summed E-state index contributed by atoms with van der Waals surface area (Å²) in [5.41, 5.74) is 2.10. The molecule has 0 atom stereocenters. The predicted octanol–water partition coefficient (Wildman–Crippen LogP) is 1.47. The van der Waals surface area contributed by atoms with E-state index < -0.39 is 0 Å². The summed E-state index contributed by atoms with van der Waals surface area (Å²) in [6.45, 7) is 4.50. The molecule has 2 aliphatic heterocycles. The lowest BCUT2D eigenvalue weighted by Gasteiger charge is -2.34. The Morgan fingerprint density at radius 1 is 1.08 bits per heavy atom. The molecule has 7 heteroatoms. The van der Waals surface area contributed by atoms with Crippen LogP contribution in [0.15, 0.2) is 29.2 Å². The molecule has 2 aliphatic rings. The molecule has 1 fully saturated rings. The average molecular weight is 355 g/mol. The van der Waals surface area contributed by atoms with Crippen molar-refractivity contribution in [2.75, 3.05) is 32.8 Å². The number of nitrogens with zero attached hydrogens (tertiary/aromatic N) is 3. The van der Waals surface area contributed by atoms with E-state index in [0.29, 0.717) is 38.2 Å². The monoisotopic (exact) mass is 355 g/mol. The lowest BCUT2D eigenvalue weighted by atomic mass is 10.1. The minimum absolute atomic E-state index is 0.209. The number of ether oxygens (including phenoxy) is 1. The standard InChI is InChI=1S/C19H21N3O4/c1-2-26-19(25)21-10-8-20(9-11-21)18(24)15-12-22-7-6-13-4-3-5-14(16(13)22)17(15)23/h3-5,12H,2,6-11H2,1H3. The van der Waals surface area contributed by atoms with Crippen LogP contribution in [0.4, 0.5) is 4.79 Å². The first-order valence-electron chi connectivity index (χ1n) is 8.96. The molecule has 7 nitrogen and oxygen atoms in total. The molecule has 3 heterocycles. The first-order valence-corrected chi connectivity index (χ1v) is 8.96. The van der Waals surface area contributed by atoms with Crippen molar-refractivity contribution >= 4 is 22.9 Å². The molecule has 2 aromatic rings. The fraction of sp³-hybridized carbons (Fsp3) is 0.421. The molecule has 0 N–H and O–H groups in total. The fourth-order valence-corrected chi connectivity index (χ4v) is 3.79. The second kappa shape index (κ2) is 6.48. The number of pyridine rings is 1. The van der Waals surface area contributed by atoms with Gasteiger partial charge in [0.2, 0.25) is 5.43 Å². The molecule has 136 valence electrons. The highest BCUT2D eigenvalue weighted by Gasteiger charge is 2.28. The third-order valence-corrected chi connectivity index (χ3v) is 5.13. The summed E-state index contributed by atoms with van der Waals surface area (Å²) in [5.74, 6) is -0.263. The number of aryl methyl sites for hydroxylation is 2. The molecule has 26 heavy (non-hydrogen) atoms. The van der Waals surface area contributed by atoms with Crippen LogP contribution in [-0.4, -0.2) is 59.2 Å². The quantitative estimate of drug-likeness (QED) is 0.818. The summed E-state index contributed by atoms with van der Waals surface area (Å²) in [6.07, 6.45) is 2.22. The lowest BCUT2D eigenvalue weighted by molar-refractivity contribution is 0.0569. The molecule has 0 radical (unpaired) electrons. The summed E-state index contributed by atoms with van der Waals surface area (Å²) in [7, 11) is 0. The van der Waals surface area contributed by atoms with Crippen molar-refractivity contribution in [3.63, 3.8) is 0 Å². The van der Waals surface area contributed by atoms with Gasteiger partial charge in [0.1, 0.15) is 5.56 Å². The molecule has 0 saturated carbocycles. The van der Waals surface area contributed by atoms with E-state index in [2.05, 4.69) is 0 Å². The van der Waals surface area contributed by atoms with Crippen molar-refractivity contribution < 1.29 is 14.3 Å². The number of para-hydroxylation sites is 1. The molecule has 0 bridgehead atoms. The Hall–Kier alpha value is -2.83. The van der Waals surface area contributed by atoms with Gasteiger partial charge in [0.15, 0.2) is 0 Å². The summed E-state index contributed by atoms with van der Waals surface area (Å²) in [5, 5.41) is 0.607. The molecule has 0 aliphatic carbocycles. The Kier molecular flexibility index (Phi) is 4.14. The number of amides is 2. The van der Waals surface area contributed by atoms with Gasteiger partial charge in [-0.2, -0.15) is 0 Å². The zero-order valence-corrected chi connectivity index (χ0v) is 14.7. The van der Waals surface area contributed by atoms with Gasteiger partial charge in [-0.3, -0.25) is 9.59 Å². The Morgan fingerprint density at radius 3 is 2.54 bits per heavy atom. The fourth-order valence-electron chi connectivity index (χ4n) is 3.79. The van der Waals surface area contributed by atoms with E-state index in [1.54, 1.807) is 29.0 Å². The number of rotatable bonds is 2. The van der Waals surface area contributed by atoms with E-state index in [9.17, 15) is 14.4 Å². The number of piperazine rings is 1. The van der Waals surface area contributed by atoms with Gasteiger partial charge in [-0.15, -0.1) is 0 Å². The maximum atomic E-state index is 12.9. The van der Waals surface area contributed by atoms with Gasteiger partial charge >= 0.3 is 6.09 Å². The van der Waals surface area contributed by atoms with Gasteiger partial charge in [0.25, 0.3) is 5.91 Å².